The molecular weight excluding hydrogens is 194 g/mol. The van der Waals surface area contributed by atoms with Crippen molar-refractivity contribution >= 4 is 5.97 Å². The number of benzene rings is 1. The Bertz CT molecular complexity index is 387. The van der Waals surface area contributed by atoms with E-state index < -0.39 is 12.0 Å². The SMILES string of the molecule is C=CCc1cccc([C@H](N)C(=O)O)c1O. The summed E-state index contributed by atoms with van der Waals surface area (Å²) in [5.41, 5.74) is 6.27. The second-order valence-corrected chi connectivity index (χ2v) is 3.16. The topological polar surface area (TPSA) is 83.6 Å². The standard InChI is InChI=1S/C11H13NO3/c1-2-4-7-5-3-6-8(10(7)13)9(12)11(14)15/h2-3,5-6,9,13H,1,4,12H2,(H,14,15)/t9-/m0/s1. The highest BCUT2D eigenvalue weighted by Gasteiger charge is 2.19. The fourth-order valence-corrected chi connectivity index (χ4v) is 1.32. The molecule has 0 amide bonds. The third-order valence-corrected chi connectivity index (χ3v) is 2.12. The van der Waals surface area contributed by atoms with E-state index in [-0.39, 0.29) is 11.3 Å². The smallest absolute Gasteiger partial charge is 0.325 e. The van der Waals surface area contributed by atoms with Crippen LogP contribution in [0.1, 0.15) is 17.2 Å². The van der Waals surface area contributed by atoms with Gasteiger partial charge in [-0.3, -0.25) is 4.79 Å². The van der Waals surface area contributed by atoms with Gasteiger partial charge < -0.3 is 15.9 Å². The Hall–Kier alpha value is -1.81. The molecule has 1 aromatic carbocycles. The number of hydrogen-bond acceptors (Lipinski definition) is 3. The van der Waals surface area contributed by atoms with E-state index in [0.29, 0.717) is 12.0 Å². The first kappa shape index (κ1) is 11.3. The molecule has 1 aromatic rings. The van der Waals surface area contributed by atoms with Gasteiger partial charge >= 0.3 is 5.97 Å². The van der Waals surface area contributed by atoms with Gasteiger partial charge in [-0.2, -0.15) is 0 Å². The summed E-state index contributed by atoms with van der Waals surface area (Å²) >= 11 is 0. The predicted molar refractivity (Wildman–Crippen MR) is 56.6 cm³/mol. The van der Waals surface area contributed by atoms with Crippen LogP contribution in [0, 0.1) is 0 Å². The first-order chi connectivity index (χ1) is 7.07. The van der Waals surface area contributed by atoms with Crippen LogP contribution in [0.5, 0.6) is 5.75 Å². The monoisotopic (exact) mass is 207 g/mol. The van der Waals surface area contributed by atoms with Gasteiger partial charge in [0.05, 0.1) is 0 Å². The number of phenolic OH excluding ortho intramolecular Hbond substituents is 1. The number of carboxylic acid groups (broad SMARTS) is 1. The number of rotatable bonds is 4. The zero-order chi connectivity index (χ0) is 11.4. The zero-order valence-electron chi connectivity index (χ0n) is 8.18. The molecule has 0 saturated heterocycles. The molecule has 0 heterocycles. The molecule has 0 aliphatic carbocycles. The van der Waals surface area contributed by atoms with Crippen LogP contribution in [-0.4, -0.2) is 16.2 Å². The van der Waals surface area contributed by atoms with E-state index in [0.717, 1.165) is 0 Å². The maximum Gasteiger partial charge on any atom is 0.325 e. The number of aliphatic carboxylic acids is 1. The van der Waals surface area contributed by atoms with Gasteiger partial charge in [-0.1, -0.05) is 24.3 Å². The van der Waals surface area contributed by atoms with E-state index in [1.54, 1.807) is 18.2 Å². The Balaban J connectivity index is 3.14. The van der Waals surface area contributed by atoms with Gasteiger partial charge in [0.1, 0.15) is 11.8 Å². The minimum absolute atomic E-state index is 0.0627. The summed E-state index contributed by atoms with van der Waals surface area (Å²) < 4.78 is 0. The molecular formula is C11H13NO3. The molecule has 0 aliphatic rings. The largest absolute Gasteiger partial charge is 0.507 e. The average Bonchev–Trinajstić information content (AvgIpc) is 2.20. The van der Waals surface area contributed by atoms with Crippen LogP contribution in [-0.2, 0) is 11.2 Å². The number of aromatic hydroxyl groups is 1. The highest BCUT2D eigenvalue weighted by Crippen LogP contribution is 2.27. The third-order valence-electron chi connectivity index (χ3n) is 2.12. The van der Waals surface area contributed by atoms with Gasteiger partial charge in [0.2, 0.25) is 0 Å². The van der Waals surface area contributed by atoms with E-state index in [4.69, 9.17) is 10.8 Å². The molecule has 1 atom stereocenters. The van der Waals surface area contributed by atoms with Crippen molar-refractivity contribution in [2.24, 2.45) is 5.73 Å². The second kappa shape index (κ2) is 4.61. The van der Waals surface area contributed by atoms with Gasteiger partial charge in [0.15, 0.2) is 0 Å². The second-order valence-electron chi connectivity index (χ2n) is 3.16. The Kier molecular flexibility index (Phi) is 3.46. The Morgan fingerprint density at radius 2 is 2.27 bits per heavy atom. The van der Waals surface area contributed by atoms with Crippen LogP contribution in [0.3, 0.4) is 0 Å². The number of allylic oxidation sites excluding steroid dienone is 1. The van der Waals surface area contributed by atoms with Gasteiger partial charge in [-0.25, -0.2) is 0 Å². The third kappa shape index (κ3) is 2.35. The molecule has 4 heteroatoms. The van der Waals surface area contributed by atoms with Crippen LogP contribution in [0.4, 0.5) is 0 Å². The number of carbonyl (C=O) groups is 1. The van der Waals surface area contributed by atoms with Crippen molar-refractivity contribution in [2.45, 2.75) is 12.5 Å². The van der Waals surface area contributed by atoms with Crippen molar-refractivity contribution < 1.29 is 15.0 Å². The molecule has 4 nitrogen and oxygen atoms in total. The minimum Gasteiger partial charge on any atom is -0.507 e. The Labute approximate surface area is 87.7 Å². The molecule has 0 unspecified atom stereocenters. The molecule has 0 aliphatic heterocycles. The lowest BCUT2D eigenvalue weighted by Gasteiger charge is -2.11. The molecule has 15 heavy (non-hydrogen) atoms. The molecule has 0 fully saturated rings. The molecule has 1 rings (SSSR count). The highest BCUT2D eigenvalue weighted by molar-refractivity contribution is 5.76. The Morgan fingerprint density at radius 1 is 1.60 bits per heavy atom. The van der Waals surface area contributed by atoms with Crippen LogP contribution >= 0.6 is 0 Å². The number of nitrogens with two attached hydrogens (primary N) is 1. The van der Waals surface area contributed by atoms with Gasteiger partial charge in [0.25, 0.3) is 0 Å². The predicted octanol–water partition coefficient (Wildman–Crippen LogP) is 1.21. The Morgan fingerprint density at radius 3 is 2.80 bits per heavy atom. The summed E-state index contributed by atoms with van der Waals surface area (Å²) in [6, 6.07) is 3.67. The number of phenols is 1. The fraction of sp³-hybridized carbons (Fsp3) is 0.182. The van der Waals surface area contributed by atoms with Crippen LogP contribution < -0.4 is 5.73 Å². The lowest BCUT2D eigenvalue weighted by Crippen LogP contribution is -2.20. The molecule has 0 aromatic heterocycles. The van der Waals surface area contributed by atoms with Crippen molar-refractivity contribution in [3.05, 3.63) is 42.0 Å². The van der Waals surface area contributed by atoms with Crippen molar-refractivity contribution in [1.82, 2.24) is 0 Å². The lowest BCUT2D eigenvalue weighted by molar-refractivity contribution is -0.138. The molecule has 4 N–H and O–H groups in total. The van der Waals surface area contributed by atoms with E-state index in [1.807, 2.05) is 0 Å². The van der Waals surface area contributed by atoms with Crippen LogP contribution in [0.15, 0.2) is 30.9 Å². The summed E-state index contributed by atoms with van der Waals surface area (Å²) in [5.74, 6) is -1.23. The van der Waals surface area contributed by atoms with E-state index in [9.17, 15) is 9.90 Å². The zero-order valence-corrected chi connectivity index (χ0v) is 8.18. The van der Waals surface area contributed by atoms with Gasteiger partial charge in [-0.15, -0.1) is 6.58 Å². The average molecular weight is 207 g/mol. The molecule has 0 bridgehead atoms. The van der Waals surface area contributed by atoms with Crippen LogP contribution in [0.25, 0.3) is 0 Å². The summed E-state index contributed by atoms with van der Waals surface area (Å²) in [4.78, 5) is 10.7. The number of para-hydroxylation sites is 1. The van der Waals surface area contributed by atoms with Gasteiger partial charge in [0, 0.05) is 5.56 Å². The molecule has 0 saturated carbocycles. The summed E-state index contributed by atoms with van der Waals surface area (Å²) in [5, 5.41) is 18.5. The summed E-state index contributed by atoms with van der Waals surface area (Å²) in [6.45, 7) is 3.55. The van der Waals surface area contributed by atoms with Gasteiger partial charge in [-0.05, 0) is 12.0 Å². The normalized spacial score (nSPS) is 12.1. The highest BCUT2D eigenvalue weighted by atomic mass is 16.4. The quantitative estimate of drug-likeness (QED) is 0.648. The van der Waals surface area contributed by atoms with Crippen molar-refractivity contribution in [1.29, 1.82) is 0 Å². The maximum atomic E-state index is 10.7. The number of hydrogen-bond donors (Lipinski definition) is 3. The molecule has 0 radical (unpaired) electrons. The molecule has 80 valence electrons. The van der Waals surface area contributed by atoms with E-state index >= 15 is 0 Å². The fourth-order valence-electron chi connectivity index (χ4n) is 1.32. The minimum atomic E-state index is -1.20. The van der Waals surface area contributed by atoms with Crippen molar-refractivity contribution in [2.75, 3.05) is 0 Å². The number of carboxylic acids is 1. The van der Waals surface area contributed by atoms with Crippen molar-refractivity contribution in [3.8, 4) is 5.75 Å². The van der Waals surface area contributed by atoms with E-state index in [1.165, 1.54) is 6.07 Å². The van der Waals surface area contributed by atoms with Crippen molar-refractivity contribution in [3.63, 3.8) is 0 Å². The first-order valence-electron chi connectivity index (χ1n) is 4.48. The molecule has 0 spiro atoms. The maximum absolute atomic E-state index is 10.7. The first-order valence-corrected chi connectivity index (χ1v) is 4.48. The van der Waals surface area contributed by atoms with Crippen LogP contribution in [0.2, 0.25) is 0 Å². The summed E-state index contributed by atoms with van der Waals surface area (Å²) in [7, 11) is 0. The summed E-state index contributed by atoms with van der Waals surface area (Å²) in [6.07, 6.45) is 2.11. The lowest BCUT2D eigenvalue weighted by atomic mass is 10.0. The van der Waals surface area contributed by atoms with E-state index in [2.05, 4.69) is 6.58 Å².